The minimum atomic E-state index is 0.385. The molecule has 76 valence electrons. The summed E-state index contributed by atoms with van der Waals surface area (Å²) >= 11 is 0. The van der Waals surface area contributed by atoms with Crippen molar-refractivity contribution in [2.75, 3.05) is 26.2 Å². The van der Waals surface area contributed by atoms with Crippen LogP contribution in [0.4, 0.5) is 0 Å². The fraction of sp³-hybridized carbons (Fsp3) is 1.00. The maximum Gasteiger partial charge on any atom is 0.0125 e. The van der Waals surface area contributed by atoms with Gasteiger partial charge in [-0.15, -0.1) is 0 Å². The Morgan fingerprint density at radius 2 is 1.62 bits per heavy atom. The molecule has 0 amide bonds. The van der Waals surface area contributed by atoms with Crippen molar-refractivity contribution in [3.05, 3.63) is 0 Å². The Labute approximate surface area is 81.7 Å². The minimum Gasteiger partial charge on any atom is -0.317 e. The maximum atomic E-state index is 3.44. The Hall–Kier alpha value is -0.0800. The van der Waals surface area contributed by atoms with E-state index >= 15 is 0 Å². The van der Waals surface area contributed by atoms with E-state index < -0.39 is 0 Å². The molecule has 1 N–H and O–H groups in total. The number of piperidine rings is 1. The summed E-state index contributed by atoms with van der Waals surface area (Å²) in [6.07, 6.45) is 2.78. The number of hydrogen-bond donors (Lipinski definition) is 1. The molecule has 2 heterocycles. The van der Waals surface area contributed by atoms with Gasteiger partial charge >= 0.3 is 0 Å². The molecule has 2 fully saturated rings. The van der Waals surface area contributed by atoms with Gasteiger partial charge in [0.2, 0.25) is 0 Å². The number of hydrogen-bond acceptors (Lipinski definition) is 2. The van der Waals surface area contributed by atoms with Gasteiger partial charge in [0.25, 0.3) is 0 Å². The first-order valence-electron chi connectivity index (χ1n) is 5.48. The first-order chi connectivity index (χ1) is 6.02. The molecular formula is C11H22N2. The zero-order chi connectivity index (χ0) is 9.53. The van der Waals surface area contributed by atoms with Gasteiger partial charge in [-0.1, -0.05) is 0 Å². The van der Waals surface area contributed by atoms with Gasteiger partial charge in [-0.2, -0.15) is 0 Å². The average Bonchev–Trinajstić information content (AvgIpc) is 2.00. The molecule has 2 rings (SSSR count). The van der Waals surface area contributed by atoms with Gasteiger partial charge in [0.05, 0.1) is 0 Å². The molecule has 0 aromatic carbocycles. The van der Waals surface area contributed by atoms with E-state index in [-0.39, 0.29) is 0 Å². The van der Waals surface area contributed by atoms with Crippen LogP contribution in [0.3, 0.4) is 0 Å². The largest absolute Gasteiger partial charge is 0.317 e. The van der Waals surface area contributed by atoms with Crippen LogP contribution in [0, 0.1) is 5.41 Å². The molecule has 0 bridgehead atoms. The Kier molecular flexibility index (Phi) is 2.16. The zero-order valence-electron chi connectivity index (χ0n) is 9.19. The lowest BCUT2D eigenvalue weighted by Gasteiger charge is -2.57. The van der Waals surface area contributed by atoms with Gasteiger partial charge in [-0.25, -0.2) is 0 Å². The second kappa shape index (κ2) is 2.96. The standard InChI is InChI=1S/C11H22N2/c1-10(2,3)13-8-11(9-13)4-6-12-7-5-11/h12H,4-9H2,1-3H3. The van der Waals surface area contributed by atoms with Crippen molar-refractivity contribution in [1.29, 1.82) is 0 Å². The van der Waals surface area contributed by atoms with Gasteiger partial charge in [0, 0.05) is 18.6 Å². The van der Waals surface area contributed by atoms with Crippen LogP contribution in [-0.4, -0.2) is 36.6 Å². The second-order valence-electron chi connectivity index (χ2n) is 5.78. The first kappa shape index (κ1) is 9.47. The van der Waals surface area contributed by atoms with Crippen LogP contribution in [0.25, 0.3) is 0 Å². The third kappa shape index (κ3) is 1.75. The summed E-state index contributed by atoms with van der Waals surface area (Å²) in [6.45, 7) is 12.1. The van der Waals surface area contributed by atoms with E-state index in [9.17, 15) is 0 Å². The zero-order valence-corrected chi connectivity index (χ0v) is 9.19. The number of nitrogens with zero attached hydrogens (tertiary/aromatic N) is 1. The molecule has 0 unspecified atom stereocenters. The lowest BCUT2D eigenvalue weighted by molar-refractivity contribution is -0.0747. The highest BCUT2D eigenvalue weighted by atomic mass is 15.3. The summed E-state index contributed by atoms with van der Waals surface area (Å²) in [5.41, 5.74) is 1.08. The SMILES string of the molecule is CC(C)(C)N1CC2(CCNCC2)C1. The van der Waals surface area contributed by atoms with E-state index in [4.69, 9.17) is 0 Å². The van der Waals surface area contributed by atoms with Crippen LogP contribution < -0.4 is 5.32 Å². The topological polar surface area (TPSA) is 15.3 Å². The van der Waals surface area contributed by atoms with Crippen LogP contribution in [0.15, 0.2) is 0 Å². The molecule has 0 saturated carbocycles. The normalized spacial score (nSPS) is 28.8. The Balaban J connectivity index is 1.88. The number of nitrogens with one attached hydrogen (secondary N) is 1. The fourth-order valence-electron chi connectivity index (χ4n) is 2.51. The van der Waals surface area contributed by atoms with Crippen molar-refractivity contribution < 1.29 is 0 Å². The number of rotatable bonds is 0. The highest BCUT2D eigenvalue weighted by molar-refractivity contribution is 5.01. The predicted octanol–water partition coefficient (Wildman–Crippen LogP) is 1.47. The Bertz CT molecular complexity index is 179. The molecule has 2 aliphatic rings. The summed E-state index contributed by atoms with van der Waals surface area (Å²) in [5, 5.41) is 3.44. The van der Waals surface area contributed by atoms with E-state index in [1.165, 1.54) is 39.0 Å². The Morgan fingerprint density at radius 3 is 2.08 bits per heavy atom. The summed E-state index contributed by atoms with van der Waals surface area (Å²) in [4.78, 5) is 2.61. The first-order valence-corrected chi connectivity index (χ1v) is 5.48. The summed E-state index contributed by atoms with van der Waals surface area (Å²) < 4.78 is 0. The van der Waals surface area contributed by atoms with E-state index in [2.05, 4.69) is 31.0 Å². The van der Waals surface area contributed by atoms with Crippen LogP contribution in [0.1, 0.15) is 33.6 Å². The minimum absolute atomic E-state index is 0.385. The molecule has 0 aliphatic carbocycles. The van der Waals surface area contributed by atoms with Crippen LogP contribution in [0.2, 0.25) is 0 Å². The quantitative estimate of drug-likeness (QED) is 0.610. The van der Waals surface area contributed by atoms with Crippen LogP contribution >= 0.6 is 0 Å². The molecule has 1 spiro atoms. The van der Waals surface area contributed by atoms with Crippen molar-refractivity contribution in [2.45, 2.75) is 39.2 Å². The maximum absolute atomic E-state index is 3.44. The van der Waals surface area contributed by atoms with Crippen LogP contribution in [-0.2, 0) is 0 Å². The molecule has 2 saturated heterocycles. The fourth-order valence-corrected chi connectivity index (χ4v) is 2.51. The predicted molar refractivity (Wildman–Crippen MR) is 55.9 cm³/mol. The van der Waals surface area contributed by atoms with Gasteiger partial charge in [-0.05, 0) is 52.1 Å². The highest BCUT2D eigenvalue weighted by Gasteiger charge is 2.46. The monoisotopic (exact) mass is 182 g/mol. The third-order valence-corrected chi connectivity index (χ3v) is 3.67. The summed E-state index contributed by atoms with van der Waals surface area (Å²) in [6, 6.07) is 0. The van der Waals surface area contributed by atoms with Crippen molar-refractivity contribution in [3.8, 4) is 0 Å². The Morgan fingerprint density at radius 1 is 1.08 bits per heavy atom. The third-order valence-electron chi connectivity index (χ3n) is 3.67. The molecule has 2 heteroatoms. The van der Waals surface area contributed by atoms with E-state index in [1.54, 1.807) is 0 Å². The molecule has 0 aromatic heterocycles. The van der Waals surface area contributed by atoms with Crippen molar-refractivity contribution >= 4 is 0 Å². The van der Waals surface area contributed by atoms with E-state index in [1.807, 2.05) is 0 Å². The highest BCUT2D eigenvalue weighted by Crippen LogP contribution is 2.41. The molecule has 0 aromatic rings. The lowest BCUT2D eigenvalue weighted by atomic mass is 9.71. The van der Waals surface area contributed by atoms with E-state index in [0.717, 1.165) is 0 Å². The summed E-state index contributed by atoms with van der Waals surface area (Å²) in [5.74, 6) is 0. The molecule has 13 heavy (non-hydrogen) atoms. The van der Waals surface area contributed by atoms with Crippen LogP contribution in [0.5, 0.6) is 0 Å². The van der Waals surface area contributed by atoms with E-state index in [0.29, 0.717) is 11.0 Å². The van der Waals surface area contributed by atoms with Crippen molar-refractivity contribution in [3.63, 3.8) is 0 Å². The van der Waals surface area contributed by atoms with Gasteiger partial charge in [0.15, 0.2) is 0 Å². The molecule has 0 radical (unpaired) electrons. The molecule has 2 aliphatic heterocycles. The molecule has 2 nitrogen and oxygen atoms in total. The smallest absolute Gasteiger partial charge is 0.0125 e. The second-order valence-corrected chi connectivity index (χ2v) is 5.78. The van der Waals surface area contributed by atoms with Gasteiger partial charge in [-0.3, -0.25) is 4.90 Å². The van der Waals surface area contributed by atoms with Crippen molar-refractivity contribution in [2.24, 2.45) is 5.41 Å². The van der Waals surface area contributed by atoms with Gasteiger partial charge < -0.3 is 5.32 Å². The molecule has 0 atom stereocenters. The van der Waals surface area contributed by atoms with Gasteiger partial charge in [0.1, 0.15) is 0 Å². The summed E-state index contributed by atoms with van der Waals surface area (Å²) in [7, 11) is 0. The molecular weight excluding hydrogens is 160 g/mol. The average molecular weight is 182 g/mol. The number of likely N-dealkylation sites (tertiary alicyclic amines) is 1. The van der Waals surface area contributed by atoms with Crippen molar-refractivity contribution in [1.82, 2.24) is 10.2 Å². The lowest BCUT2D eigenvalue weighted by Crippen LogP contribution is -2.64.